The van der Waals surface area contributed by atoms with Crippen LogP contribution in [0.1, 0.15) is 39.2 Å². The van der Waals surface area contributed by atoms with Gasteiger partial charge < -0.3 is 4.42 Å². The van der Waals surface area contributed by atoms with E-state index in [1.54, 1.807) is 6.07 Å². The Hall–Kier alpha value is -3.46. The van der Waals surface area contributed by atoms with Gasteiger partial charge in [0, 0.05) is 28.6 Å². The first kappa shape index (κ1) is 20.4. The summed E-state index contributed by atoms with van der Waals surface area (Å²) in [5, 5.41) is 1.91. The summed E-state index contributed by atoms with van der Waals surface area (Å²) in [5.74, 6) is -0.302. The lowest BCUT2D eigenvalue weighted by Gasteiger charge is -2.27. The molecule has 0 spiro atoms. The van der Waals surface area contributed by atoms with Crippen LogP contribution < -0.4 is 0 Å². The van der Waals surface area contributed by atoms with Crippen LogP contribution in [0.25, 0.3) is 44.3 Å². The van der Waals surface area contributed by atoms with Crippen molar-refractivity contribution < 1.29 is 8.81 Å². The van der Waals surface area contributed by atoms with E-state index < -0.39 is 0 Å². The molecule has 0 saturated carbocycles. The van der Waals surface area contributed by atoms with Crippen molar-refractivity contribution in [3.8, 4) is 22.4 Å². The zero-order valence-corrected chi connectivity index (χ0v) is 18.7. The highest BCUT2D eigenvalue weighted by atomic mass is 19.1. The lowest BCUT2D eigenvalue weighted by molar-refractivity contribution is 0.438. The lowest BCUT2D eigenvalue weighted by Crippen LogP contribution is -2.19. The van der Waals surface area contributed by atoms with E-state index in [1.807, 2.05) is 42.6 Å². The van der Waals surface area contributed by atoms with Crippen LogP contribution in [0.2, 0.25) is 0 Å². The topological polar surface area (TPSA) is 26.0 Å². The third kappa shape index (κ3) is 3.38. The van der Waals surface area contributed by atoms with Crippen molar-refractivity contribution in [2.75, 3.05) is 0 Å². The number of halogens is 1. The van der Waals surface area contributed by atoms with Crippen molar-refractivity contribution in [1.29, 1.82) is 0 Å². The second-order valence-electron chi connectivity index (χ2n) is 8.70. The van der Waals surface area contributed by atoms with Gasteiger partial charge in [-0.05, 0) is 65.3 Å². The van der Waals surface area contributed by atoms with Gasteiger partial charge in [0.1, 0.15) is 17.0 Å². The third-order valence-corrected chi connectivity index (χ3v) is 6.94. The van der Waals surface area contributed by atoms with E-state index in [0.717, 1.165) is 51.6 Å². The molecule has 0 aliphatic carbocycles. The molecule has 0 N–H and O–H groups in total. The fourth-order valence-corrected chi connectivity index (χ4v) is 4.50. The monoisotopic (exact) mass is 423 g/mol. The number of pyridine rings is 1. The van der Waals surface area contributed by atoms with Crippen LogP contribution in [0, 0.1) is 5.82 Å². The molecule has 0 bridgehead atoms. The Morgan fingerprint density at radius 2 is 1.62 bits per heavy atom. The van der Waals surface area contributed by atoms with Crippen LogP contribution in [0.4, 0.5) is 4.39 Å². The van der Waals surface area contributed by atoms with Gasteiger partial charge in [-0.15, -0.1) is 0 Å². The maximum absolute atomic E-state index is 14.4. The molecule has 2 nitrogen and oxygen atoms in total. The molecule has 2 heterocycles. The van der Waals surface area contributed by atoms with Crippen LogP contribution in [0.5, 0.6) is 0 Å². The van der Waals surface area contributed by atoms with Crippen molar-refractivity contribution in [2.45, 2.75) is 39.0 Å². The number of rotatable bonds is 5. The van der Waals surface area contributed by atoms with E-state index in [-0.39, 0.29) is 11.2 Å². The molecule has 5 rings (SSSR count). The van der Waals surface area contributed by atoms with E-state index >= 15 is 0 Å². The Morgan fingerprint density at radius 1 is 0.844 bits per heavy atom. The van der Waals surface area contributed by atoms with Gasteiger partial charge in [-0.25, -0.2) is 4.39 Å². The summed E-state index contributed by atoms with van der Waals surface area (Å²) in [6, 6.07) is 23.4. The summed E-state index contributed by atoms with van der Waals surface area (Å²) in [7, 11) is 0. The quantitative estimate of drug-likeness (QED) is 0.283. The first-order chi connectivity index (χ1) is 15.5. The van der Waals surface area contributed by atoms with Gasteiger partial charge >= 0.3 is 0 Å². The Bertz CT molecular complexity index is 1410. The summed E-state index contributed by atoms with van der Waals surface area (Å²) in [4.78, 5) is 4.63. The average molecular weight is 424 g/mol. The first-order valence-electron chi connectivity index (χ1n) is 11.2. The molecule has 0 atom stereocenters. The van der Waals surface area contributed by atoms with Crippen LogP contribution in [-0.2, 0) is 5.41 Å². The summed E-state index contributed by atoms with van der Waals surface area (Å²) in [5.41, 5.74) is 6.45. The van der Waals surface area contributed by atoms with Crippen molar-refractivity contribution in [1.82, 2.24) is 4.98 Å². The highest BCUT2D eigenvalue weighted by Crippen LogP contribution is 2.39. The summed E-state index contributed by atoms with van der Waals surface area (Å²) < 4.78 is 20.5. The van der Waals surface area contributed by atoms with E-state index in [2.05, 4.69) is 50.0 Å². The number of hydrogen-bond acceptors (Lipinski definition) is 2. The van der Waals surface area contributed by atoms with Gasteiger partial charge in [0.15, 0.2) is 0 Å². The molecule has 3 heteroatoms. The first-order valence-corrected chi connectivity index (χ1v) is 11.2. The van der Waals surface area contributed by atoms with Gasteiger partial charge in [0.05, 0.1) is 5.69 Å². The summed E-state index contributed by atoms with van der Waals surface area (Å²) in [6.45, 7) is 6.76. The van der Waals surface area contributed by atoms with Crippen molar-refractivity contribution in [3.63, 3.8) is 0 Å². The van der Waals surface area contributed by atoms with Gasteiger partial charge in [-0.2, -0.15) is 0 Å². The standard InChI is InChI=1S/C29H26FNO/c1-4-29(3,5-2)21-13-14-31-25(16-21)20-11-12-23-26(15-20)32-27-18-22(30)17-24(28(23)27)19-9-7-6-8-10-19/h6-18H,4-5H2,1-3H3. The fraction of sp³-hybridized carbons (Fsp3) is 0.207. The second kappa shape index (κ2) is 7.90. The molecule has 5 aromatic rings. The van der Waals surface area contributed by atoms with Crippen LogP contribution >= 0.6 is 0 Å². The zero-order chi connectivity index (χ0) is 22.3. The molecule has 0 aliphatic heterocycles. The molecule has 32 heavy (non-hydrogen) atoms. The fourth-order valence-electron chi connectivity index (χ4n) is 4.50. The molecule has 0 aliphatic rings. The number of furan rings is 1. The molecule has 2 aromatic heterocycles. The summed E-state index contributed by atoms with van der Waals surface area (Å²) >= 11 is 0. The van der Waals surface area contributed by atoms with E-state index in [1.165, 1.54) is 11.6 Å². The van der Waals surface area contributed by atoms with Gasteiger partial charge in [0.25, 0.3) is 0 Å². The Morgan fingerprint density at radius 3 is 2.38 bits per heavy atom. The van der Waals surface area contributed by atoms with Crippen LogP contribution in [0.3, 0.4) is 0 Å². The number of fused-ring (bicyclic) bond motifs is 3. The molecule has 0 radical (unpaired) electrons. The molecule has 0 fully saturated rings. The van der Waals surface area contributed by atoms with E-state index in [9.17, 15) is 4.39 Å². The highest BCUT2D eigenvalue weighted by molar-refractivity contribution is 6.13. The van der Waals surface area contributed by atoms with Crippen molar-refractivity contribution >= 4 is 21.9 Å². The number of aromatic nitrogens is 1. The normalized spacial score (nSPS) is 12.0. The van der Waals surface area contributed by atoms with E-state index in [4.69, 9.17) is 4.42 Å². The molecule has 160 valence electrons. The molecule has 3 aromatic carbocycles. The number of benzene rings is 3. The van der Waals surface area contributed by atoms with E-state index in [0.29, 0.717) is 5.58 Å². The minimum atomic E-state index is -0.302. The van der Waals surface area contributed by atoms with Crippen LogP contribution in [0.15, 0.2) is 83.4 Å². The Kier molecular flexibility index (Phi) is 5.05. The smallest absolute Gasteiger partial charge is 0.138 e. The van der Waals surface area contributed by atoms with Gasteiger partial charge in [-0.1, -0.05) is 57.2 Å². The predicted molar refractivity (Wildman–Crippen MR) is 130 cm³/mol. The van der Waals surface area contributed by atoms with Crippen molar-refractivity contribution in [2.24, 2.45) is 0 Å². The lowest BCUT2D eigenvalue weighted by atomic mass is 9.78. The molecule has 0 saturated heterocycles. The maximum atomic E-state index is 14.4. The highest BCUT2D eigenvalue weighted by Gasteiger charge is 2.23. The average Bonchev–Trinajstić information content (AvgIpc) is 3.21. The molecular weight excluding hydrogens is 397 g/mol. The SMILES string of the molecule is CCC(C)(CC)c1ccnc(-c2ccc3c(c2)oc2cc(F)cc(-c4ccccc4)c23)c1. The van der Waals surface area contributed by atoms with Crippen molar-refractivity contribution in [3.05, 3.63) is 90.4 Å². The van der Waals surface area contributed by atoms with Gasteiger partial charge in [0.2, 0.25) is 0 Å². The molecular formula is C29H26FNO. The predicted octanol–water partition coefficient (Wildman–Crippen LogP) is 8.53. The minimum Gasteiger partial charge on any atom is -0.456 e. The Labute approximate surface area is 187 Å². The second-order valence-corrected chi connectivity index (χ2v) is 8.70. The van der Waals surface area contributed by atoms with Gasteiger partial charge in [-0.3, -0.25) is 4.98 Å². The zero-order valence-electron chi connectivity index (χ0n) is 18.7. The largest absolute Gasteiger partial charge is 0.456 e. The maximum Gasteiger partial charge on any atom is 0.138 e. The third-order valence-electron chi connectivity index (χ3n) is 6.94. The Balaban J connectivity index is 1.67. The molecule has 0 unspecified atom stereocenters. The minimum absolute atomic E-state index is 0.128. The number of nitrogens with zero attached hydrogens (tertiary/aromatic N) is 1. The number of hydrogen-bond donors (Lipinski definition) is 0. The van der Waals surface area contributed by atoms with Crippen LogP contribution in [-0.4, -0.2) is 4.98 Å². The molecule has 0 amide bonds. The summed E-state index contributed by atoms with van der Waals surface area (Å²) in [6.07, 6.45) is 4.03.